The number of aryl methyl sites for hydroxylation is 1. The molecule has 0 aliphatic rings. The van der Waals surface area contributed by atoms with Gasteiger partial charge in [-0.3, -0.25) is 4.79 Å². The van der Waals surface area contributed by atoms with Gasteiger partial charge < -0.3 is 5.32 Å². The molecule has 0 saturated carbocycles. The molecule has 3 aromatic rings. The molecular weight excluding hydrogens is 308 g/mol. The predicted octanol–water partition coefficient (Wildman–Crippen LogP) is 4.96. The number of nitrogens with one attached hydrogen (secondary N) is 1. The molecule has 0 aliphatic carbocycles. The topological polar surface area (TPSA) is 42.0 Å². The Bertz CT molecular complexity index is 847. The van der Waals surface area contributed by atoms with Crippen LogP contribution < -0.4 is 5.32 Å². The van der Waals surface area contributed by atoms with Crippen LogP contribution in [0, 0.1) is 6.92 Å². The van der Waals surface area contributed by atoms with Crippen LogP contribution in [0.4, 0.5) is 5.69 Å². The molecule has 0 bridgehead atoms. The van der Waals surface area contributed by atoms with Crippen molar-refractivity contribution < 1.29 is 4.79 Å². The molecule has 0 atom stereocenters. The fourth-order valence-corrected chi connectivity index (χ4v) is 2.57. The molecule has 1 N–H and O–H groups in total. The second-order valence-corrected chi connectivity index (χ2v) is 5.57. The van der Waals surface area contributed by atoms with E-state index in [-0.39, 0.29) is 11.1 Å². The quantitative estimate of drug-likeness (QED) is 0.692. The van der Waals surface area contributed by atoms with Crippen molar-refractivity contribution in [2.45, 2.75) is 6.92 Å². The minimum atomic E-state index is -0.274. The summed E-state index contributed by atoms with van der Waals surface area (Å²) in [6.07, 6.45) is 1.56. The highest BCUT2D eigenvalue weighted by molar-refractivity contribution is 6.33. The van der Waals surface area contributed by atoms with Gasteiger partial charge in [-0.15, -0.1) is 0 Å². The first-order valence-corrected chi connectivity index (χ1v) is 7.61. The number of halogens is 1. The van der Waals surface area contributed by atoms with Crippen molar-refractivity contribution in [2.75, 3.05) is 5.32 Å². The third-order valence-corrected chi connectivity index (χ3v) is 3.81. The fraction of sp³-hybridized carbons (Fsp3) is 0.0526. The van der Waals surface area contributed by atoms with Crippen molar-refractivity contribution in [3.8, 4) is 11.1 Å². The first-order chi connectivity index (χ1) is 11.1. The van der Waals surface area contributed by atoms with Crippen molar-refractivity contribution in [1.82, 2.24) is 4.98 Å². The van der Waals surface area contributed by atoms with Crippen LogP contribution in [0.15, 0.2) is 66.9 Å². The summed E-state index contributed by atoms with van der Waals surface area (Å²) in [5.41, 5.74) is 4.24. The molecule has 2 aromatic carbocycles. The maximum Gasteiger partial charge on any atom is 0.258 e. The van der Waals surface area contributed by atoms with Gasteiger partial charge in [-0.2, -0.15) is 0 Å². The summed E-state index contributed by atoms with van der Waals surface area (Å²) in [6.45, 7) is 2.02. The average molecular weight is 323 g/mol. The smallest absolute Gasteiger partial charge is 0.258 e. The Kier molecular flexibility index (Phi) is 4.40. The number of carbonyl (C=O) groups is 1. The van der Waals surface area contributed by atoms with Gasteiger partial charge in [-0.1, -0.05) is 53.6 Å². The van der Waals surface area contributed by atoms with Crippen molar-refractivity contribution >= 4 is 23.2 Å². The molecule has 3 rings (SSSR count). The number of carbonyl (C=O) groups excluding carboxylic acids is 1. The minimum Gasteiger partial charge on any atom is -0.321 e. The second-order valence-electron chi connectivity index (χ2n) is 5.21. The Labute approximate surface area is 140 Å². The van der Waals surface area contributed by atoms with E-state index in [1.165, 1.54) is 0 Å². The van der Waals surface area contributed by atoms with Gasteiger partial charge in [-0.25, -0.2) is 4.98 Å². The number of nitrogens with zero attached hydrogens (tertiary/aromatic N) is 1. The number of amides is 1. The highest BCUT2D eigenvalue weighted by atomic mass is 35.5. The van der Waals surface area contributed by atoms with Crippen molar-refractivity contribution in [3.05, 3.63) is 83.1 Å². The minimum absolute atomic E-state index is 0.193. The van der Waals surface area contributed by atoms with Gasteiger partial charge in [0.15, 0.2) is 0 Å². The third-order valence-electron chi connectivity index (χ3n) is 3.51. The zero-order valence-corrected chi connectivity index (χ0v) is 13.3. The predicted molar refractivity (Wildman–Crippen MR) is 93.8 cm³/mol. The van der Waals surface area contributed by atoms with Crippen LogP contribution in [0.5, 0.6) is 0 Å². The number of hydrogen-bond donors (Lipinski definition) is 1. The van der Waals surface area contributed by atoms with Crippen molar-refractivity contribution in [3.63, 3.8) is 0 Å². The summed E-state index contributed by atoms with van der Waals surface area (Å²) in [7, 11) is 0. The van der Waals surface area contributed by atoms with Crippen molar-refractivity contribution in [2.24, 2.45) is 0 Å². The lowest BCUT2D eigenvalue weighted by Gasteiger charge is -2.13. The molecule has 0 saturated heterocycles. The molecule has 1 heterocycles. The van der Waals surface area contributed by atoms with E-state index in [1.807, 2.05) is 49.4 Å². The van der Waals surface area contributed by atoms with E-state index < -0.39 is 0 Å². The summed E-state index contributed by atoms with van der Waals surface area (Å²) in [4.78, 5) is 16.4. The van der Waals surface area contributed by atoms with Gasteiger partial charge in [0.25, 0.3) is 5.91 Å². The van der Waals surface area contributed by atoms with E-state index in [1.54, 1.807) is 18.3 Å². The van der Waals surface area contributed by atoms with Gasteiger partial charge in [-0.05, 0) is 36.8 Å². The molecule has 3 nitrogen and oxygen atoms in total. The molecule has 114 valence electrons. The Morgan fingerprint density at radius 1 is 1.04 bits per heavy atom. The zero-order valence-electron chi connectivity index (χ0n) is 12.6. The molecule has 1 aromatic heterocycles. The van der Waals surface area contributed by atoms with Crippen LogP contribution >= 0.6 is 11.6 Å². The van der Waals surface area contributed by atoms with E-state index in [4.69, 9.17) is 11.6 Å². The highest BCUT2D eigenvalue weighted by Gasteiger charge is 2.13. The monoisotopic (exact) mass is 322 g/mol. The Balaban J connectivity index is 1.98. The van der Waals surface area contributed by atoms with Crippen molar-refractivity contribution in [1.29, 1.82) is 0 Å². The van der Waals surface area contributed by atoms with Gasteiger partial charge in [0, 0.05) is 17.4 Å². The molecule has 23 heavy (non-hydrogen) atoms. The van der Waals surface area contributed by atoms with Gasteiger partial charge >= 0.3 is 0 Å². The zero-order chi connectivity index (χ0) is 16.2. The number of benzene rings is 2. The molecule has 0 unspecified atom stereocenters. The van der Waals surface area contributed by atoms with E-state index in [0.717, 1.165) is 22.4 Å². The SMILES string of the molecule is Cc1ccc(NC(=O)c2cccnc2Cl)c(-c2ccccc2)c1. The molecule has 1 amide bonds. The number of aromatic nitrogens is 1. The Morgan fingerprint density at radius 2 is 1.83 bits per heavy atom. The standard InChI is InChI=1S/C19H15ClN2O/c1-13-9-10-17(16(12-13)14-6-3-2-4-7-14)22-19(23)15-8-5-11-21-18(15)20/h2-12H,1H3,(H,22,23). The third kappa shape index (κ3) is 3.41. The Hall–Kier alpha value is -2.65. The number of hydrogen-bond acceptors (Lipinski definition) is 2. The fourth-order valence-electron chi connectivity index (χ4n) is 2.37. The summed E-state index contributed by atoms with van der Waals surface area (Å²) < 4.78 is 0. The number of anilines is 1. The molecule has 0 radical (unpaired) electrons. The number of pyridine rings is 1. The lowest BCUT2D eigenvalue weighted by atomic mass is 10.0. The van der Waals surface area contributed by atoms with Gasteiger partial charge in [0.1, 0.15) is 5.15 Å². The van der Waals surface area contributed by atoms with E-state index in [0.29, 0.717) is 5.56 Å². The first-order valence-electron chi connectivity index (χ1n) is 7.23. The maximum atomic E-state index is 12.5. The lowest BCUT2D eigenvalue weighted by molar-refractivity contribution is 0.102. The average Bonchev–Trinajstić information content (AvgIpc) is 2.57. The van der Waals surface area contributed by atoms with Gasteiger partial charge in [0.05, 0.1) is 5.56 Å². The van der Waals surface area contributed by atoms with Crippen LogP contribution in [0.1, 0.15) is 15.9 Å². The van der Waals surface area contributed by atoms with Crippen LogP contribution in [-0.2, 0) is 0 Å². The molecule has 0 aliphatic heterocycles. The van der Waals surface area contributed by atoms with Gasteiger partial charge in [0.2, 0.25) is 0 Å². The normalized spacial score (nSPS) is 10.3. The lowest BCUT2D eigenvalue weighted by Crippen LogP contribution is -2.13. The van der Waals surface area contributed by atoms with Crippen LogP contribution in [0.25, 0.3) is 11.1 Å². The molecule has 0 spiro atoms. The molecule has 4 heteroatoms. The van der Waals surface area contributed by atoms with E-state index >= 15 is 0 Å². The van der Waals surface area contributed by atoms with Crippen LogP contribution in [0.2, 0.25) is 5.15 Å². The maximum absolute atomic E-state index is 12.5. The molecule has 0 fully saturated rings. The van der Waals surface area contributed by atoms with Crippen LogP contribution in [0.3, 0.4) is 0 Å². The van der Waals surface area contributed by atoms with Crippen LogP contribution in [-0.4, -0.2) is 10.9 Å². The summed E-state index contributed by atoms with van der Waals surface area (Å²) >= 11 is 6.00. The summed E-state index contributed by atoms with van der Waals surface area (Å²) in [5.74, 6) is -0.274. The first kappa shape index (κ1) is 15.3. The number of rotatable bonds is 3. The largest absolute Gasteiger partial charge is 0.321 e. The second kappa shape index (κ2) is 6.63. The Morgan fingerprint density at radius 3 is 2.57 bits per heavy atom. The van der Waals surface area contributed by atoms with E-state index in [2.05, 4.69) is 16.4 Å². The summed E-state index contributed by atoms with van der Waals surface area (Å²) in [5, 5.41) is 3.12. The highest BCUT2D eigenvalue weighted by Crippen LogP contribution is 2.29. The van der Waals surface area contributed by atoms with E-state index in [9.17, 15) is 4.79 Å². The molecular formula is C19H15ClN2O. The summed E-state index contributed by atoms with van der Waals surface area (Å²) in [6, 6.07) is 19.2.